The summed E-state index contributed by atoms with van der Waals surface area (Å²) >= 11 is 0. The molecular formula is C11H19N3. The maximum absolute atomic E-state index is 5.57. The Labute approximate surface area is 85.9 Å². The average Bonchev–Trinajstić information content (AvgIpc) is 2.26. The van der Waals surface area contributed by atoms with Crippen LogP contribution >= 0.6 is 0 Å². The van der Waals surface area contributed by atoms with Crippen molar-refractivity contribution in [2.75, 3.05) is 25.0 Å². The van der Waals surface area contributed by atoms with Crippen LogP contribution in [0.4, 0.5) is 5.69 Å². The highest BCUT2D eigenvalue weighted by Gasteiger charge is 2.03. The molecule has 0 bridgehead atoms. The third-order valence-corrected chi connectivity index (χ3v) is 2.46. The van der Waals surface area contributed by atoms with E-state index in [0.29, 0.717) is 5.92 Å². The highest BCUT2D eigenvalue weighted by atomic mass is 15.1. The molecule has 1 atom stereocenters. The van der Waals surface area contributed by atoms with Crippen molar-refractivity contribution in [2.24, 2.45) is 11.7 Å². The van der Waals surface area contributed by atoms with Crippen molar-refractivity contribution >= 4 is 5.69 Å². The second-order valence-electron chi connectivity index (χ2n) is 3.76. The number of hydrogen-bond acceptors (Lipinski definition) is 3. The molecule has 1 aromatic rings. The van der Waals surface area contributed by atoms with Crippen molar-refractivity contribution in [3.05, 3.63) is 24.5 Å². The molecule has 0 saturated carbocycles. The zero-order chi connectivity index (χ0) is 10.4. The lowest BCUT2D eigenvalue weighted by atomic mass is 10.1. The lowest BCUT2D eigenvalue weighted by Gasteiger charge is -2.20. The molecule has 1 unspecified atom stereocenters. The van der Waals surface area contributed by atoms with Crippen LogP contribution in [0.1, 0.15) is 13.3 Å². The molecule has 78 valence electrons. The van der Waals surface area contributed by atoms with Crippen LogP contribution < -0.4 is 10.6 Å². The molecule has 2 N–H and O–H groups in total. The van der Waals surface area contributed by atoms with Crippen molar-refractivity contribution in [1.82, 2.24) is 4.98 Å². The van der Waals surface area contributed by atoms with E-state index in [4.69, 9.17) is 5.73 Å². The largest absolute Gasteiger partial charge is 0.374 e. The summed E-state index contributed by atoms with van der Waals surface area (Å²) in [4.78, 5) is 6.22. The van der Waals surface area contributed by atoms with E-state index >= 15 is 0 Å². The molecule has 0 aliphatic rings. The van der Waals surface area contributed by atoms with Gasteiger partial charge in [0.1, 0.15) is 0 Å². The monoisotopic (exact) mass is 193 g/mol. The molecular weight excluding hydrogens is 174 g/mol. The van der Waals surface area contributed by atoms with Gasteiger partial charge in [-0.3, -0.25) is 4.98 Å². The summed E-state index contributed by atoms with van der Waals surface area (Å²) in [6.45, 7) is 3.99. The van der Waals surface area contributed by atoms with E-state index < -0.39 is 0 Å². The molecule has 0 fully saturated rings. The lowest BCUT2D eigenvalue weighted by molar-refractivity contribution is 0.545. The third kappa shape index (κ3) is 3.34. The van der Waals surface area contributed by atoms with Gasteiger partial charge < -0.3 is 10.6 Å². The van der Waals surface area contributed by atoms with Crippen LogP contribution in [-0.2, 0) is 0 Å². The van der Waals surface area contributed by atoms with Crippen LogP contribution in [0, 0.1) is 5.92 Å². The van der Waals surface area contributed by atoms with Crippen molar-refractivity contribution in [2.45, 2.75) is 13.3 Å². The van der Waals surface area contributed by atoms with Gasteiger partial charge in [0, 0.05) is 31.7 Å². The van der Waals surface area contributed by atoms with E-state index in [-0.39, 0.29) is 0 Å². The number of hydrogen-bond donors (Lipinski definition) is 1. The van der Waals surface area contributed by atoms with Crippen LogP contribution in [0.5, 0.6) is 0 Å². The summed E-state index contributed by atoms with van der Waals surface area (Å²) in [5.41, 5.74) is 6.78. The first-order valence-electron chi connectivity index (χ1n) is 5.05. The Morgan fingerprint density at radius 2 is 2.07 bits per heavy atom. The summed E-state index contributed by atoms with van der Waals surface area (Å²) in [6, 6.07) is 4.04. The molecule has 1 aromatic heterocycles. The fourth-order valence-electron chi connectivity index (χ4n) is 1.26. The minimum absolute atomic E-state index is 0.597. The van der Waals surface area contributed by atoms with E-state index in [2.05, 4.69) is 23.9 Å². The first-order valence-corrected chi connectivity index (χ1v) is 5.05. The number of anilines is 1. The Kier molecular flexibility index (Phi) is 4.40. The quantitative estimate of drug-likeness (QED) is 0.770. The van der Waals surface area contributed by atoms with E-state index in [1.165, 1.54) is 5.69 Å². The fourth-order valence-corrected chi connectivity index (χ4v) is 1.26. The zero-order valence-corrected chi connectivity index (χ0v) is 8.98. The first-order chi connectivity index (χ1) is 6.74. The Balaban J connectivity index is 2.39. The normalized spacial score (nSPS) is 12.5. The third-order valence-electron chi connectivity index (χ3n) is 2.46. The highest BCUT2D eigenvalue weighted by Crippen LogP contribution is 2.11. The Hall–Kier alpha value is -1.09. The molecule has 0 aliphatic heterocycles. The van der Waals surface area contributed by atoms with Gasteiger partial charge in [-0.15, -0.1) is 0 Å². The molecule has 3 nitrogen and oxygen atoms in total. The van der Waals surface area contributed by atoms with E-state index in [1.54, 1.807) is 0 Å². The molecule has 0 saturated heterocycles. The molecule has 0 spiro atoms. The van der Waals surface area contributed by atoms with Gasteiger partial charge in [0.15, 0.2) is 0 Å². The number of nitrogens with two attached hydrogens (primary N) is 1. The molecule has 0 amide bonds. The topological polar surface area (TPSA) is 42.1 Å². The summed E-state index contributed by atoms with van der Waals surface area (Å²) < 4.78 is 0. The van der Waals surface area contributed by atoms with Gasteiger partial charge in [0.2, 0.25) is 0 Å². The number of rotatable bonds is 5. The smallest absolute Gasteiger partial charge is 0.0394 e. The fraction of sp³-hybridized carbons (Fsp3) is 0.545. The summed E-state index contributed by atoms with van der Waals surface area (Å²) in [5, 5.41) is 0. The number of pyridine rings is 1. The average molecular weight is 193 g/mol. The number of nitrogens with zero attached hydrogens (tertiary/aromatic N) is 2. The standard InChI is InChI=1S/C11H19N3/c1-10(9-12)5-8-14(2)11-3-6-13-7-4-11/h3-4,6-7,10H,5,8-9,12H2,1-2H3. The molecule has 0 aliphatic carbocycles. The van der Waals surface area contributed by atoms with Crippen molar-refractivity contribution in [3.63, 3.8) is 0 Å². The van der Waals surface area contributed by atoms with Gasteiger partial charge in [-0.05, 0) is 31.0 Å². The molecule has 14 heavy (non-hydrogen) atoms. The summed E-state index contributed by atoms with van der Waals surface area (Å²) in [5.74, 6) is 0.597. The molecule has 0 aromatic carbocycles. The van der Waals surface area contributed by atoms with Gasteiger partial charge >= 0.3 is 0 Å². The molecule has 1 rings (SSSR count). The number of aromatic nitrogens is 1. The van der Waals surface area contributed by atoms with Crippen molar-refractivity contribution < 1.29 is 0 Å². The second kappa shape index (κ2) is 5.60. The Morgan fingerprint density at radius 3 is 2.64 bits per heavy atom. The first kappa shape index (κ1) is 11.0. The predicted molar refractivity (Wildman–Crippen MR) is 60.3 cm³/mol. The Bertz CT molecular complexity index is 248. The minimum Gasteiger partial charge on any atom is -0.374 e. The molecule has 3 heteroatoms. The SMILES string of the molecule is CC(CN)CCN(C)c1ccncc1. The summed E-state index contributed by atoms with van der Waals surface area (Å²) in [6.07, 6.45) is 4.77. The minimum atomic E-state index is 0.597. The maximum Gasteiger partial charge on any atom is 0.0394 e. The van der Waals surface area contributed by atoms with Crippen LogP contribution in [-0.4, -0.2) is 25.1 Å². The summed E-state index contributed by atoms with van der Waals surface area (Å²) in [7, 11) is 2.10. The second-order valence-corrected chi connectivity index (χ2v) is 3.76. The lowest BCUT2D eigenvalue weighted by Crippen LogP contribution is -2.22. The predicted octanol–water partition coefficient (Wildman–Crippen LogP) is 1.50. The van der Waals surface area contributed by atoms with E-state index in [1.807, 2.05) is 24.5 Å². The van der Waals surface area contributed by atoms with E-state index in [9.17, 15) is 0 Å². The van der Waals surface area contributed by atoms with Gasteiger partial charge in [0.05, 0.1) is 0 Å². The van der Waals surface area contributed by atoms with Crippen LogP contribution in [0.25, 0.3) is 0 Å². The van der Waals surface area contributed by atoms with Crippen LogP contribution in [0.3, 0.4) is 0 Å². The maximum atomic E-state index is 5.57. The van der Waals surface area contributed by atoms with Gasteiger partial charge in [0.25, 0.3) is 0 Å². The molecule has 0 radical (unpaired) electrons. The zero-order valence-electron chi connectivity index (χ0n) is 8.98. The Morgan fingerprint density at radius 1 is 1.43 bits per heavy atom. The van der Waals surface area contributed by atoms with Gasteiger partial charge in [-0.25, -0.2) is 0 Å². The van der Waals surface area contributed by atoms with Gasteiger partial charge in [-0.2, -0.15) is 0 Å². The van der Waals surface area contributed by atoms with E-state index in [0.717, 1.165) is 19.5 Å². The van der Waals surface area contributed by atoms with Crippen LogP contribution in [0.2, 0.25) is 0 Å². The van der Waals surface area contributed by atoms with Crippen molar-refractivity contribution in [3.8, 4) is 0 Å². The highest BCUT2D eigenvalue weighted by molar-refractivity contribution is 5.43. The van der Waals surface area contributed by atoms with Gasteiger partial charge in [-0.1, -0.05) is 6.92 Å². The molecule has 1 heterocycles. The van der Waals surface area contributed by atoms with Crippen molar-refractivity contribution in [1.29, 1.82) is 0 Å². The van der Waals surface area contributed by atoms with Crippen LogP contribution in [0.15, 0.2) is 24.5 Å².